The molecule has 3 unspecified atom stereocenters. The number of amides is 2. The summed E-state index contributed by atoms with van der Waals surface area (Å²) in [6.07, 6.45) is 2.90. The van der Waals surface area contributed by atoms with Crippen LogP contribution < -0.4 is 35.3 Å². The maximum absolute atomic E-state index is 13.3. The average Bonchev–Trinajstić information content (AvgIpc) is 2.82. The second kappa shape index (κ2) is 9.85. The average molecular weight is 486 g/mol. The second-order valence-electron chi connectivity index (χ2n) is 8.90. The van der Waals surface area contributed by atoms with Gasteiger partial charge in [0.25, 0.3) is 5.56 Å². The van der Waals surface area contributed by atoms with Crippen molar-refractivity contribution < 1.29 is 23.8 Å². The summed E-state index contributed by atoms with van der Waals surface area (Å²) in [6.45, 7) is 4.17. The van der Waals surface area contributed by atoms with Crippen molar-refractivity contribution in [2.24, 2.45) is 0 Å². The Bertz CT molecular complexity index is 1160. The van der Waals surface area contributed by atoms with Crippen molar-refractivity contribution in [1.29, 1.82) is 0 Å². The standard InChI is InChI=1S/C24H31N5O6/c1-12-7-6-8-13(2)29(12)24-27-21-19(23(32)28-24)15(11-18(30)26-21)22(31)25-14-9-16(33-3)20(35-5)17(10-14)34-4/h9-10,12-13,15H,6-8,11H2,1-5H3,(H,25,31)(H2,26,27,28,30,32). The quantitative estimate of drug-likeness (QED) is 0.568. The van der Waals surface area contributed by atoms with Crippen molar-refractivity contribution in [3.8, 4) is 17.2 Å². The first-order valence-corrected chi connectivity index (χ1v) is 11.6. The van der Waals surface area contributed by atoms with E-state index in [1.54, 1.807) is 12.1 Å². The minimum atomic E-state index is -1.01. The van der Waals surface area contributed by atoms with Gasteiger partial charge in [-0.15, -0.1) is 0 Å². The smallest absolute Gasteiger partial charge is 0.258 e. The largest absolute Gasteiger partial charge is 0.493 e. The second-order valence-corrected chi connectivity index (χ2v) is 8.90. The van der Waals surface area contributed by atoms with E-state index in [-0.39, 0.29) is 35.8 Å². The molecule has 1 fully saturated rings. The summed E-state index contributed by atoms with van der Waals surface area (Å²) in [5.41, 5.74) is 0.0598. The molecule has 1 aromatic heterocycles. The highest BCUT2D eigenvalue weighted by atomic mass is 16.5. The molecule has 4 rings (SSSR count). The van der Waals surface area contributed by atoms with Gasteiger partial charge < -0.3 is 29.7 Å². The first-order chi connectivity index (χ1) is 16.8. The van der Waals surface area contributed by atoms with E-state index in [0.29, 0.717) is 28.9 Å². The highest BCUT2D eigenvalue weighted by Gasteiger charge is 2.36. The van der Waals surface area contributed by atoms with E-state index in [2.05, 4.69) is 39.3 Å². The fraction of sp³-hybridized carbons (Fsp3) is 0.500. The van der Waals surface area contributed by atoms with Gasteiger partial charge in [0.2, 0.25) is 23.5 Å². The lowest BCUT2D eigenvalue weighted by Crippen LogP contribution is -2.46. The number of hydrogen-bond acceptors (Lipinski definition) is 8. The predicted octanol–water partition coefficient (Wildman–Crippen LogP) is 2.63. The number of hydrogen-bond donors (Lipinski definition) is 3. The van der Waals surface area contributed by atoms with E-state index < -0.39 is 17.4 Å². The summed E-state index contributed by atoms with van der Waals surface area (Å²) >= 11 is 0. The number of rotatable bonds is 6. The van der Waals surface area contributed by atoms with Crippen LogP contribution in [0.4, 0.5) is 17.5 Å². The third-order valence-corrected chi connectivity index (χ3v) is 6.63. The lowest BCUT2D eigenvalue weighted by Gasteiger charge is -2.39. The maximum Gasteiger partial charge on any atom is 0.258 e. The first kappa shape index (κ1) is 24.4. The van der Waals surface area contributed by atoms with E-state index in [4.69, 9.17) is 14.2 Å². The Labute approximate surface area is 203 Å². The summed E-state index contributed by atoms with van der Waals surface area (Å²) < 4.78 is 16.0. The number of carbonyl (C=O) groups is 2. The van der Waals surface area contributed by atoms with Gasteiger partial charge in [0.15, 0.2) is 11.5 Å². The molecule has 2 amide bonds. The van der Waals surface area contributed by atoms with Crippen LogP contribution in [0.3, 0.4) is 0 Å². The van der Waals surface area contributed by atoms with Crippen LogP contribution >= 0.6 is 0 Å². The van der Waals surface area contributed by atoms with Crippen molar-refractivity contribution in [1.82, 2.24) is 9.97 Å². The number of aromatic amines is 1. The van der Waals surface area contributed by atoms with Crippen LogP contribution in [0.5, 0.6) is 17.2 Å². The SMILES string of the molecule is COc1cc(NC(=O)C2CC(=O)Nc3nc(N4C(C)CCCC4C)[nH]c(=O)c32)cc(OC)c1OC. The maximum atomic E-state index is 13.3. The molecule has 11 nitrogen and oxygen atoms in total. The zero-order valence-corrected chi connectivity index (χ0v) is 20.6. The lowest BCUT2D eigenvalue weighted by atomic mass is 9.92. The Morgan fingerprint density at radius 1 is 1.06 bits per heavy atom. The third kappa shape index (κ3) is 4.62. The number of ether oxygens (including phenoxy) is 3. The summed E-state index contributed by atoms with van der Waals surface area (Å²) in [4.78, 5) is 48.4. The zero-order chi connectivity index (χ0) is 25.3. The van der Waals surface area contributed by atoms with E-state index in [0.717, 1.165) is 19.3 Å². The summed E-state index contributed by atoms with van der Waals surface area (Å²) in [6, 6.07) is 3.54. The molecule has 0 spiro atoms. The van der Waals surface area contributed by atoms with Crippen molar-refractivity contribution >= 4 is 29.3 Å². The number of anilines is 3. The molecule has 2 aliphatic heterocycles. The fourth-order valence-corrected chi connectivity index (χ4v) is 4.93. The predicted molar refractivity (Wildman–Crippen MR) is 131 cm³/mol. The zero-order valence-electron chi connectivity index (χ0n) is 20.6. The Morgan fingerprint density at radius 3 is 2.26 bits per heavy atom. The Balaban J connectivity index is 1.67. The summed E-state index contributed by atoms with van der Waals surface area (Å²) in [5, 5.41) is 5.44. The van der Waals surface area contributed by atoms with E-state index in [1.165, 1.54) is 21.3 Å². The molecular weight excluding hydrogens is 454 g/mol. The highest BCUT2D eigenvalue weighted by Crippen LogP contribution is 2.40. The minimum Gasteiger partial charge on any atom is -0.493 e. The number of H-pyrrole nitrogens is 1. The van der Waals surface area contributed by atoms with Crippen molar-refractivity contribution in [3.05, 3.63) is 28.0 Å². The van der Waals surface area contributed by atoms with Gasteiger partial charge in [-0.25, -0.2) is 0 Å². The molecule has 188 valence electrons. The highest BCUT2D eigenvalue weighted by molar-refractivity contribution is 6.04. The molecular formula is C24H31N5O6. The molecule has 0 aliphatic carbocycles. The van der Waals surface area contributed by atoms with Crippen molar-refractivity contribution in [2.75, 3.05) is 36.9 Å². The number of aromatic nitrogens is 2. The number of nitrogens with one attached hydrogen (secondary N) is 3. The molecule has 0 bridgehead atoms. The molecule has 1 aromatic carbocycles. The van der Waals surface area contributed by atoms with Gasteiger partial charge in [0.1, 0.15) is 5.82 Å². The molecule has 1 saturated heterocycles. The van der Waals surface area contributed by atoms with Crippen LogP contribution in [0.1, 0.15) is 51.0 Å². The van der Waals surface area contributed by atoms with E-state index in [1.807, 2.05) is 0 Å². The topological polar surface area (TPSA) is 135 Å². The van der Waals surface area contributed by atoms with Crippen LogP contribution in [0.15, 0.2) is 16.9 Å². The van der Waals surface area contributed by atoms with Gasteiger partial charge >= 0.3 is 0 Å². The third-order valence-electron chi connectivity index (χ3n) is 6.63. The van der Waals surface area contributed by atoms with Crippen molar-refractivity contribution in [2.45, 2.75) is 57.5 Å². The van der Waals surface area contributed by atoms with Crippen molar-refractivity contribution in [3.63, 3.8) is 0 Å². The number of nitrogens with zero attached hydrogens (tertiary/aromatic N) is 2. The van der Waals surface area contributed by atoms with Gasteiger partial charge in [-0.3, -0.25) is 19.4 Å². The van der Waals surface area contributed by atoms with Gasteiger partial charge in [-0.1, -0.05) is 0 Å². The molecule has 2 aromatic rings. The molecule has 11 heteroatoms. The lowest BCUT2D eigenvalue weighted by molar-refractivity contribution is -0.123. The molecule has 3 heterocycles. The monoisotopic (exact) mass is 485 g/mol. The van der Waals surface area contributed by atoms with Gasteiger partial charge in [-0.2, -0.15) is 4.98 Å². The summed E-state index contributed by atoms with van der Waals surface area (Å²) in [5.74, 6) is -0.296. The van der Waals surface area contributed by atoms with E-state index >= 15 is 0 Å². The van der Waals surface area contributed by atoms with Gasteiger partial charge in [0, 0.05) is 36.3 Å². The Hall–Kier alpha value is -3.76. The van der Waals surface area contributed by atoms with Crippen LogP contribution in [-0.4, -0.2) is 55.2 Å². The summed E-state index contributed by atoms with van der Waals surface area (Å²) in [7, 11) is 4.42. The van der Waals surface area contributed by atoms with Crippen LogP contribution in [0, 0.1) is 0 Å². The number of piperidine rings is 1. The van der Waals surface area contributed by atoms with Crippen LogP contribution in [0.25, 0.3) is 0 Å². The van der Waals surface area contributed by atoms with Gasteiger partial charge in [-0.05, 0) is 33.1 Å². The molecule has 0 saturated carbocycles. The van der Waals surface area contributed by atoms with Gasteiger partial charge in [0.05, 0.1) is 32.8 Å². The first-order valence-electron chi connectivity index (χ1n) is 11.6. The Morgan fingerprint density at radius 2 is 1.69 bits per heavy atom. The fourth-order valence-electron chi connectivity index (χ4n) is 4.93. The number of benzene rings is 1. The molecule has 3 N–H and O–H groups in total. The number of carbonyl (C=O) groups excluding carboxylic acids is 2. The van der Waals surface area contributed by atoms with Crippen LogP contribution in [0.2, 0.25) is 0 Å². The number of methoxy groups -OCH3 is 3. The Kier molecular flexibility index (Phi) is 6.86. The van der Waals surface area contributed by atoms with E-state index in [9.17, 15) is 14.4 Å². The molecule has 35 heavy (non-hydrogen) atoms. The minimum absolute atomic E-state index is 0.120. The molecule has 2 aliphatic rings. The molecule has 3 atom stereocenters. The number of fused-ring (bicyclic) bond motifs is 1. The molecule has 0 radical (unpaired) electrons. The normalized spacial score (nSPS) is 21.6. The van der Waals surface area contributed by atoms with Crippen LogP contribution in [-0.2, 0) is 9.59 Å².